The van der Waals surface area contributed by atoms with Crippen LogP contribution < -0.4 is 20.1 Å². The monoisotopic (exact) mass is 469 g/mol. The number of urea groups is 1. The van der Waals surface area contributed by atoms with Crippen LogP contribution in [-0.2, 0) is 14.3 Å². The third-order valence-electron chi connectivity index (χ3n) is 5.42. The molecule has 0 unspecified atom stereocenters. The Morgan fingerprint density at radius 3 is 2.55 bits per heavy atom. The molecule has 9 nitrogen and oxygen atoms in total. The van der Waals surface area contributed by atoms with Gasteiger partial charge in [-0.2, -0.15) is 0 Å². The lowest BCUT2D eigenvalue weighted by Crippen LogP contribution is -2.49. The van der Waals surface area contributed by atoms with Crippen LogP contribution in [0.25, 0.3) is 0 Å². The summed E-state index contributed by atoms with van der Waals surface area (Å²) in [7, 11) is 3.02. The Kier molecular flexibility index (Phi) is 6.45. The fourth-order valence-corrected chi connectivity index (χ4v) is 4.19. The molecule has 0 fully saturated rings. The van der Waals surface area contributed by atoms with E-state index in [1.54, 1.807) is 30.0 Å². The van der Waals surface area contributed by atoms with E-state index in [9.17, 15) is 14.4 Å². The number of carbonyl (C=O) groups is 3. The lowest BCUT2D eigenvalue weighted by molar-refractivity contribution is -0.136. The number of nitrogens with one attached hydrogen (secondary N) is 2. The summed E-state index contributed by atoms with van der Waals surface area (Å²) < 4.78 is 15.7. The molecule has 0 saturated carbocycles. The van der Waals surface area contributed by atoms with Crippen LogP contribution in [0.5, 0.6) is 11.5 Å². The van der Waals surface area contributed by atoms with E-state index >= 15 is 0 Å². The minimum Gasteiger partial charge on any atom is -0.493 e. The first-order valence-electron chi connectivity index (χ1n) is 10.1. The van der Waals surface area contributed by atoms with Crippen molar-refractivity contribution in [1.82, 2.24) is 10.2 Å². The average molecular weight is 470 g/mol. The van der Waals surface area contributed by atoms with Crippen molar-refractivity contribution < 1.29 is 28.6 Å². The number of anilines is 1. The minimum absolute atomic E-state index is 0.0649. The number of rotatable bonds is 7. The number of benzene rings is 2. The van der Waals surface area contributed by atoms with E-state index in [0.29, 0.717) is 28.5 Å². The van der Waals surface area contributed by atoms with Gasteiger partial charge in [-0.1, -0.05) is 12.1 Å². The Morgan fingerprint density at radius 2 is 1.88 bits per heavy atom. The number of carbonyl (C=O) groups excluding carboxylic acids is 3. The molecule has 10 heteroatoms. The second kappa shape index (κ2) is 9.45. The van der Waals surface area contributed by atoms with Gasteiger partial charge >= 0.3 is 12.0 Å². The molecule has 0 spiro atoms. The molecule has 0 radical (unpaired) electrons. The molecule has 2 aliphatic heterocycles. The summed E-state index contributed by atoms with van der Waals surface area (Å²) in [5.74, 6) is 0.0423. The van der Waals surface area contributed by atoms with E-state index in [0.717, 1.165) is 10.5 Å². The SMILES string of the molecule is COc1ccc(NC(=O)CN2C(=O)N[C@H](c3ccc(SC)cc3)C3=C2COC3=O)cc1OC. The lowest BCUT2D eigenvalue weighted by Gasteiger charge is -2.32. The van der Waals surface area contributed by atoms with E-state index < -0.39 is 23.9 Å². The molecule has 0 aliphatic carbocycles. The van der Waals surface area contributed by atoms with Gasteiger partial charge in [-0.15, -0.1) is 11.8 Å². The summed E-state index contributed by atoms with van der Waals surface area (Å²) >= 11 is 1.60. The molecular formula is C23H23N3O6S. The van der Waals surface area contributed by atoms with Crippen LogP contribution in [0.1, 0.15) is 11.6 Å². The summed E-state index contributed by atoms with van der Waals surface area (Å²) in [6.07, 6.45) is 1.97. The van der Waals surface area contributed by atoms with Gasteiger partial charge < -0.3 is 24.8 Å². The third-order valence-corrected chi connectivity index (χ3v) is 6.16. The second-order valence-electron chi connectivity index (χ2n) is 7.30. The van der Waals surface area contributed by atoms with Gasteiger partial charge in [0.15, 0.2) is 11.5 Å². The average Bonchev–Trinajstić information content (AvgIpc) is 3.22. The zero-order chi connectivity index (χ0) is 23.5. The van der Waals surface area contributed by atoms with Crippen molar-refractivity contribution in [2.24, 2.45) is 0 Å². The zero-order valence-electron chi connectivity index (χ0n) is 18.3. The summed E-state index contributed by atoms with van der Waals surface area (Å²) in [6, 6.07) is 11.4. The number of amides is 3. The van der Waals surface area contributed by atoms with E-state index in [-0.39, 0.29) is 13.2 Å². The molecule has 0 aromatic heterocycles. The van der Waals surface area contributed by atoms with Crippen molar-refractivity contribution in [2.75, 3.05) is 38.9 Å². The smallest absolute Gasteiger partial charge is 0.338 e. The third kappa shape index (κ3) is 4.47. The molecule has 4 rings (SSSR count). The Labute approximate surface area is 195 Å². The van der Waals surface area contributed by atoms with Crippen LogP contribution >= 0.6 is 11.8 Å². The van der Waals surface area contributed by atoms with Gasteiger partial charge in [0.05, 0.1) is 31.5 Å². The molecular weight excluding hydrogens is 446 g/mol. The number of hydrogen-bond donors (Lipinski definition) is 2. The first-order chi connectivity index (χ1) is 15.9. The maximum atomic E-state index is 12.9. The predicted octanol–water partition coefficient (Wildman–Crippen LogP) is 2.94. The van der Waals surface area contributed by atoms with Gasteiger partial charge in [-0.05, 0) is 36.1 Å². The Balaban J connectivity index is 1.55. The highest BCUT2D eigenvalue weighted by Crippen LogP contribution is 2.35. The van der Waals surface area contributed by atoms with Gasteiger partial charge in [0.25, 0.3) is 0 Å². The standard InChI is InChI=1S/C23H23N3O6S/c1-30-17-9-6-14(10-18(17)31-2)24-19(27)11-26-16-12-32-22(28)20(16)21(25-23(26)29)13-4-7-15(33-3)8-5-13/h4-10,21H,11-12H2,1-3H3,(H,24,27)(H,25,29)/t21-/m1/s1. The quantitative estimate of drug-likeness (QED) is 0.474. The van der Waals surface area contributed by atoms with Crippen molar-refractivity contribution >= 4 is 35.4 Å². The molecule has 2 N–H and O–H groups in total. The number of methoxy groups -OCH3 is 2. The van der Waals surface area contributed by atoms with Crippen molar-refractivity contribution in [3.8, 4) is 11.5 Å². The summed E-state index contributed by atoms with van der Waals surface area (Å²) in [4.78, 5) is 40.4. The first-order valence-corrected chi connectivity index (χ1v) is 11.3. The largest absolute Gasteiger partial charge is 0.493 e. The molecule has 0 bridgehead atoms. The van der Waals surface area contributed by atoms with Crippen LogP contribution in [0.2, 0.25) is 0 Å². The highest BCUT2D eigenvalue weighted by molar-refractivity contribution is 7.98. The maximum absolute atomic E-state index is 12.9. The lowest BCUT2D eigenvalue weighted by atomic mass is 9.96. The molecule has 1 atom stereocenters. The molecule has 0 saturated heterocycles. The predicted molar refractivity (Wildman–Crippen MR) is 122 cm³/mol. The first kappa shape index (κ1) is 22.5. The minimum atomic E-state index is -0.636. The highest BCUT2D eigenvalue weighted by Gasteiger charge is 2.42. The molecule has 2 aromatic carbocycles. The number of ether oxygens (including phenoxy) is 3. The fraction of sp³-hybridized carbons (Fsp3) is 0.261. The number of thioether (sulfide) groups is 1. The van der Waals surface area contributed by atoms with E-state index in [4.69, 9.17) is 14.2 Å². The molecule has 2 aliphatic rings. The molecule has 2 heterocycles. The van der Waals surface area contributed by atoms with Gasteiger partial charge in [-0.3, -0.25) is 9.69 Å². The molecule has 2 aromatic rings. The van der Waals surface area contributed by atoms with E-state index in [2.05, 4.69) is 10.6 Å². The zero-order valence-corrected chi connectivity index (χ0v) is 19.2. The molecule has 172 valence electrons. The number of cyclic esters (lactones) is 1. The Bertz CT molecular complexity index is 1130. The Morgan fingerprint density at radius 1 is 1.15 bits per heavy atom. The van der Waals surface area contributed by atoms with Crippen molar-refractivity contribution in [1.29, 1.82) is 0 Å². The summed E-state index contributed by atoms with van der Waals surface area (Å²) in [5, 5.41) is 5.57. The van der Waals surface area contributed by atoms with Crippen LogP contribution in [0.15, 0.2) is 58.6 Å². The van der Waals surface area contributed by atoms with Gasteiger partial charge in [0.1, 0.15) is 13.2 Å². The van der Waals surface area contributed by atoms with Crippen molar-refractivity contribution in [3.05, 3.63) is 59.3 Å². The normalized spacial score (nSPS) is 17.3. The molecule has 3 amide bonds. The fourth-order valence-electron chi connectivity index (χ4n) is 3.78. The summed E-state index contributed by atoms with van der Waals surface area (Å²) in [6.45, 7) is -0.349. The number of hydrogen-bond acceptors (Lipinski definition) is 7. The van der Waals surface area contributed by atoms with Gasteiger partial charge in [0.2, 0.25) is 5.91 Å². The van der Waals surface area contributed by atoms with Gasteiger partial charge in [-0.25, -0.2) is 9.59 Å². The Hall–Kier alpha value is -3.66. The van der Waals surface area contributed by atoms with Crippen molar-refractivity contribution in [2.45, 2.75) is 10.9 Å². The summed E-state index contributed by atoms with van der Waals surface area (Å²) in [5.41, 5.74) is 1.98. The molecule has 33 heavy (non-hydrogen) atoms. The number of nitrogens with zero attached hydrogens (tertiary/aromatic N) is 1. The van der Waals surface area contributed by atoms with Gasteiger partial charge in [0, 0.05) is 16.6 Å². The van der Waals surface area contributed by atoms with Crippen molar-refractivity contribution in [3.63, 3.8) is 0 Å². The topological polar surface area (TPSA) is 106 Å². The van der Waals surface area contributed by atoms with Crippen LogP contribution in [-0.4, -0.2) is 56.4 Å². The van der Waals surface area contributed by atoms with Crippen LogP contribution in [0.4, 0.5) is 10.5 Å². The van der Waals surface area contributed by atoms with E-state index in [1.807, 2.05) is 30.5 Å². The highest BCUT2D eigenvalue weighted by atomic mass is 32.2. The van der Waals surface area contributed by atoms with Crippen LogP contribution in [0.3, 0.4) is 0 Å². The number of esters is 1. The van der Waals surface area contributed by atoms with Crippen LogP contribution in [0, 0.1) is 0 Å². The van der Waals surface area contributed by atoms with E-state index in [1.165, 1.54) is 19.1 Å². The maximum Gasteiger partial charge on any atom is 0.338 e. The second-order valence-corrected chi connectivity index (χ2v) is 8.18.